The third-order valence-electron chi connectivity index (χ3n) is 4.36. The van der Waals surface area contributed by atoms with Crippen molar-refractivity contribution >= 4 is 32.3 Å². The topological polar surface area (TPSA) is 0 Å². The zero-order valence-electron chi connectivity index (χ0n) is 11.9. The van der Waals surface area contributed by atoms with Crippen LogP contribution in [0, 0.1) is 0 Å². The van der Waals surface area contributed by atoms with E-state index in [0.717, 1.165) is 6.42 Å². The minimum absolute atomic E-state index is 1.03. The van der Waals surface area contributed by atoms with Crippen molar-refractivity contribution in [3.63, 3.8) is 0 Å². The maximum absolute atomic E-state index is 3.85. The lowest BCUT2D eigenvalue weighted by molar-refractivity contribution is 1.29. The Balaban J connectivity index is 1.99. The molecule has 0 aliphatic heterocycles. The number of halogens is 1. The molecule has 0 spiro atoms. The van der Waals surface area contributed by atoms with Gasteiger partial charge in [-0.3, -0.25) is 0 Å². The fraction of sp³-hybridized carbons (Fsp3) is 0.100. The lowest BCUT2D eigenvalue weighted by atomic mass is 9.95. The van der Waals surface area contributed by atoms with E-state index in [2.05, 4.69) is 83.5 Å². The van der Waals surface area contributed by atoms with Crippen LogP contribution < -0.4 is 0 Å². The van der Waals surface area contributed by atoms with Gasteiger partial charge in [-0.05, 0) is 67.9 Å². The van der Waals surface area contributed by atoms with Gasteiger partial charge in [-0.1, -0.05) is 60.7 Å². The highest BCUT2D eigenvalue weighted by Crippen LogP contribution is 2.40. The molecule has 0 heterocycles. The summed E-state index contributed by atoms with van der Waals surface area (Å²) in [4.78, 5) is 0. The molecule has 21 heavy (non-hydrogen) atoms. The average molecular weight is 335 g/mol. The van der Waals surface area contributed by atoms with Gasteiger partial charge < -0.3 is 0 Å². The number of hydrogen-bond donors (Lipinski definition) is 0. The summed E-state index contributed by atoms with van der Waals surface area (Å²) in [7, 11) is 0. The summed E-state index contributed by atoms with van der Waals surface area (Å²) in [5, 5.41) is 2.60. The molecule has 0 atom stereocenters. The van der Waals surface area contributed by atoms with E-state index in [1.165, 1.54) is 43.1 Å². The third kappa shape index (κ3) is 1.96. The van der Waals surface area contributed by atoms with E-state index >= 15 is 0 Å². The molecule has 0 N–H and O–H groups in total. The van der Waals surface area contributed by atoms with Gasteiger partial charge in [0.05, 0.1) is 0 Å². The monoisotopic (exact) mass is 334 g/mol. The summed E-state index contributed by atoms with van der Waals surface area (Å²) in [5.74, 6) is 0. The smallest absolute Gasteiger partial charge is 0.0295 e. The van der Waals surface area contributed by atoms with Gasteiger partial charge >= 0.3 is 0 Å². The minimum atomic E-state index is 1.03. The van der Waals surface area contributed by atoms with Crippen molar-refractivity contribution in [2.24, 2.45) is 0 Å². The Labute approximate surface area is 133 Å². The van der Waals surface area contributed by atoms with Gasteiger partial charge in [0.25, 0.3) is 0 Å². The van der Waals surface area contributed by atoms with Crippen LogP contribution in [-0.2, 0) is 6.42 Å². The third-order valence-corrected chi connectivity index (χ3v) is 5.27. The summed E-state index contributed by atoms with van der Waals surface area (Å²) in [6.07, 6.45) is 3.34. The Morgan fingerprint density at radius 2 is 1.57 bits per heavy atom. The van der Waals surface area contributed by atoms with Crippen molar-refractivity contribution in [3.8, 4) is 11.1 Å². The molecule has 0 saturated carbocycles. The second-order valence-electron chi connectivity index (χ2n) is 5.57. The Morgan fingerprint density at radius 3 is 2.48 bits per heavy atom. The van der Waals surface area contributed by atoms with Gasteiger partial charge in [0.2, 0.25) is 0 Å². The van der Waals surface area contributed by atoms with E-state index in [0.29, 0.717) is 0 Å². The van der Waals surface area contributed by atoms with Crippen LogP contribution in [0.1, 0.15) is 18.1 Å². The molecule has 0 fully saturated rings. The number of hydrogen-bond acceptors (Lipinski definition) is 0. The normalized spacial score (nSPS) is 13.3. The van der Waals surface area contributed by atoms with Gasteiger partial charge in [0.15, 0.2) is 0 Å². The fourth-order valence-electron chi connectivity index (χ4n) is 3.22. The highest BCUT2D eigenvalue weighted by atomic mass is 79.9. The SMILES string of the molecule is CC1=CCc2c1ccc(-c1cccc3ccccc13)c2Br. The quantitative estimate of drug-likeness (QED) is 0.494. The second kappa shape index (κ2) is 4.85. The molecule has 0 amide bonds. The predicted octanol–water partition coefficient (Wildman–Crippen LogP) is 6.23. The molecule has 0 bridgehead atoms. The molecule has 0 nitrogen and oxygen atoms in total. The van der Waals surface area contributed by atoms with Crippen molar-refractivity contribution in [2.75, 3.05) is 0 Å². The van der Waals surface area contributed by atoms with Crippen LogP contribution in [0.15, 0.2) is 65.1 Å². The Kier molecular flexibility index (Phi) is 2.97. The average Bonchev–Trinajstić information content (AvgIpc) is 2.90. The van der Waals surface area contributed by atoms with Gasteiger partial charge in [-0.2, -0.15) is 0 Å². The number of fused-ring (bicyclic) bond motifs is 2. The molecule has 0 unspecified atom stereocenters. The summed E-state index contributed by atoms with van der Waals surface area (Å²) < 4.78 is 1.24. The first-order valence-electron chi connectivity index (χ1n) is 7.22. The van der Waals surface area contributed by atoms with Gasteiger partial charge in [0.1, 0.15) is 0 Å². The number of rotatable bonds is 1. The van der Waals surface area contributed by atoms with Crippen LogP contribution in [0.3, 0.4) is 0 Å². The number of benzene rings is 3. The largest absolute Gasteiger partial charge is 0.0765 e. The highest BCUT2D eigenvalue weighted by Gasteiger charge is 2.17. The van der Waals surface area contributed by atoms with Gasteiger partial charge in [-0.15, -0.1) is 0 Å². The lowest BCUT2D eigenvalue weighted by Crippen LogP contribution is -1.90. The minimum Gasteiger partial charge on any atom is -0.0765 e. The highest BCUT2D eigenvalue weighted by molar-refractivity contribution is 9.10. The summed E-state index contributed by atoms with van der Waals surface area (Å²) >= 11 is 3.85. The maximum Gasteiger partial charge on any atom is 0.0295 e. The molecule has 1 heteroatoms. The molecule has 0 aromatic heterocycles. The van der Waals surface area contributed by atoms with E-state index in [4.69, 9.17) is 0 Å². The molecule has 1 aliphatic rings. The van der Waals surface area contributed by atoms with E-state index in [1.54, 1.807) is 0 Å². The van der Waals surface area contributed by atoms with Crippen LogP contribution in [0.4, 0.5) is 0 Å². The van der Waals surface area contributed by atoms with Crippen LogP contribution in [-0.4, -0.2) is 0 Å². The first kappa shape index (κ1) is 12.8. The van der Waals surface area contributed by atoms with Gasteiger partial charge in [0, 0.05) is 4.47 Å². The molecule has 1 aliphatic carbocycles. The molecular formula is C20H15Br. The van der Waals surface area contributed by atoms with Crippen LogP contribution in [0.5, 0.6) is 0 Å². The van der Waals surface area contributed by atoms with Crippen molar-refractivity contribution < 1.29 is 0 Å². The fourth-order valence-corrected chi connectivity index (χ4v) is 3.94. The Bertz CT molecular complexity index is 882. The molecule has 3 aromatic carbocycles. The molecule has 4 rings (SSSR count). The zero-order valence-corrected chi connectivity index (χ0v) is 13.4. The first-order chi connectivity index (χ1) is 10.3. The van der Waals surface area contributed by atoms with Crippen molar-refractivity contribution in [1.29, 1.82) is 0 Å². The van der Waals surface area contributed by atoms with Crippen LogP contribution >= 0.6 is 15.9 Å². The van der Waals surface area contributed by atoms with Crippen LogP contribution in [0.2, 0.25) is 0 Å². The summed E-state index contributed by atoms with van der Waals surface area (Å²) in [6.45, 7) is 2.19. The molecule has 0 saturated heterocycles. The first-order valence-corrected chi connectivity index (χ1v) is 8.01. The van der Waals surface area contributed by atoms with Crippen LogP contribution in [0.25, 0.3) is 27.5 Å². The number of allylic oxidation sites excluding steroid dienone is 2. The predicted molar refractivity (Wildman–Crippen MR) is 94.4 cm³/mol. The Hall–Kier alpha value is -1.86. The van der Waals surface area contributed by atoms with Crippen molar-refractivity contribution in [2.45, 2.75) is 13.3 Å². The Morgan fingerprint density at radius 1 is 0.810 bits per heavy atom. The zero-order chi connectivity index (χ0) is 14.4. The summed E-state index contributed by atoms with van der Waals surface area (Å²) in [5.41, 5.74) is 6.76. The second-order valence-corrected chi connectivity index (χ2v) is 6.36. The molecule has 0 radical (unpaired) electrons. The van der Waals surface area contributed by atoms with E-state index in [-0.39, 0.29) is 0 Å². The molecule has 3 aromatic rings. The van der Waals surface area contributed by atoms with E-state index < -0.39 is 0 Å². The summed E-state index contributed by atoms with van der Waals surface area (Å²) in [6, 6.07) is 19.6. The molecule has 102 valence electrons. The van der Waals surface area contributed by atoms with Gasteiger partial charge in [-0.25, -0.2) is 0 Å². The van der Waals surface area contributed by atoms with Crippen molar-refractivity contribution in [3.05, 3.63) is 76.3 Å². The van der Waals surface area contributed by atoms with Crippen molar-refractivity contribution in [1.82, 2.24) is 0 Å². The van der Waals surface area contributed by atoms with E-state index in [9.17, 15) is 0 Å². The van der Waals surface area contributed by atoms with E-state index in [1.807, 2.05) is 0 Å². The maximum atomic E-state index is 3.85. The lowest BCUT2D eigenvalue weighted by Gasteiger charge is -2.13. The standard InChI is InChI=1S/C20H15Br/c1-13-9-10-18-15(13)11-12-19(20(18)21)17-8-4-6-14-5-2-3-7-16(14)17/h2-9,11-12H,10H2,1H3. The molecular weight excluding hydrogens is 320 g/mol.